The molecule has 2 aliphatic rings. The van der Waals surface area contributed by atoms with Crippen molar-refractivity contribution in [3.8, 4) is 11.5 Å². The molecule has 0 saturated heterocycles. The van der Waals surface area contributed by atoms with Crippen LogP contribution >= 0.6 is 0 Å². The van der Waals surface area contributed by atoms with Gasteiger partial charge in [0.05, 0.1) is 12.0 Å². The number of hydrogen-bond acceptors (Lipinski definition) is 3. The number of benzene rings is 1. The van der Waals surface area contributed by atoms with Crippen LogP contribution in [0.4, 0.5) is 8.78 Å². The van der Waals surface area contributed by atoms with Crippen molar-refractivity contribution in [1.29, 1.82) is 0 Å². The van der Waals surface area contributed by atoms with Crippen molar-refractivity contribution >= 4 is 5.97 Å². The van der Waals surface area contributed by atoms with Crippen LogP contribution in [0.3, 0.4) is 0 Å². The van der Waals surface area contributed by atoms with Crippen molar-refractivity contribution in [2.24, 2.45) is 17.8 Å². The summed E-state index contributed by atoms with van der Waals surface area (Å²) in [6, 6.07) is 2.72. The number of esters is 1. The first-order valence-electron chi connectivity index (χ1n) is 12.9. The molecule has 5 heteroatoms. The van der Waals surface area contributed by atoms with Crippen molar-refractivity contribution in [2.45, 2.75) is 110 Å². The molecular formula is C27H40F2O3. The van der Waals surface area contributed by atoms with E-state index >= 15 is 0 Å². The molecule has 1 aromatic carbocycles. The molecule has 0 spiro atoms. The molecule has 32 heavy (non-hydrogen) atoms. The van der Waals surface area contributed by atoms with Gasteiger partial charge in [-0.15, -0.1) is 0 Å². The third kappa shape index (κ3) is 6.92. The van der Waals surface area contributed by atoms with Crippen LogP contribution in [0.15, 0.2) is 12.1 Å². The van der Waals surface area contributed by atoms with Gasteiger partial charge in [-0.05, 0) is 75.3 Å². The van der Waals surface area contributed by atoms with Gasteiger partial charge in [0.1, 0.15) is 0 Å². The lowest BCUT2D eigenvalue weighted by molar-refractivity contribution is -0.140. The van der Waals surface area contributed by atoms with E-state index < -0.39 is 17.6 Å². The number of unbranched alkanes of at least 4 members (excludes halogenated alkanes) is 2. The topological polar surface area (TPSA) is 35.5 Å². The smallest absolute Gasteiger partial charge is 0.314 e. The molecule has 3 rings (SSSR count). The minimum atomic E-state index is -1.14. The Kier molecular flexibility index (Phi) is 9.80. The minimum Gasteiger partial charge on any atom is -0.487 e. The van der Waals surface area contributed by atoms with E-state index in [1.54, 1.807) is 0 Å². The van der Waals surface area contributed by atoms with Gasteiger partial charge >= 0.3 is 5.97 Å². The molecule has 0 bridgehead atoms. The summed E-state index contributed by atoms with van der Waals surface area (Å²) < 4.78 is 40.3. The number of hydrogen-bond donors (Lipinski definition) is 0. The van der Waals surface area contributed by atoms with Gasteiger partial charge in [0.2, 0.25) is 11.6 Å². The number of ether oxygens (including phenoxy) is 2. The van der Waals surface area contributed by atoms with Crippen molar-refractivity contribution in [3.05, 3.63) is 23.8 Å². The molecule has 180 valence electrons. The highest BCUT2D eigenvalue weighted by atomic mass is 19.2. The maximum Gasteiger partial charge on any atom is 0.314 e. The minimum absolute atomic E-state index is 0.0853. The van der Waals surface area contributed by atoms with E-state index in [0.717, 1.165) is 57.3 Å². The van der Waals surface area contributed by atoms with Crippen LogP contribution in [0.25, 0.3) is 0 Å². The molecule has 3 nitrogen and oxygen atoms in total. The Morgan fingerprint density at radius 3 is 2.06 bits per heavy atom. The fourth-order valence-electron chi connectivity index (χ4n) is 5.37. The van der Waals surface area contributed by atoms with Crippen molar-refractivity contribution < 1.29 is 23.0 Å². The Hall–Kier alpha value is -1.65. The van der Waals surface area contributed by atoms with Gasteiger partial charge in [-0.3, -0.25) is 4.79 Å². The average Bonchev–Trinajstić information content (AvgIpc) is 2.81. The van der Waals surface area contributed by atoms with Crippen LogP contribution in [0.2, 0.25) is 0 Å². The van der Waals surface area contributed by atoms with E-state index in [4.69, 9.17) is 9.47 Å². The van der Waals surface area contributed by atoms with Gasteiger partial charge < -0.3 is 9.47 Å². The molecule has 0 unspecified atom stereocenters. The zero-order chi connectivity index (χ0) is 22.9. The Morgan fingerprint density at radius 1 is 0.812 bits per heavy atom. The van der Waals surface area contributed by atoms with Gasteiger partial charge in [0.25, 0.3) is 0 Å². The normalized spacial score (nSPS) is 26.0. The lowest BCUT2D eigenvalue weighted by Gasteiger charge is -2.29. The van der Waals surface area contributed by atoms with Crippen LogP contribution in [0.5, 0.6) is 11.5 Å². The summed E-state index contributed by atoms with van der Waals surface area (Å²) in [5, 5.41) is 0. The molecule has 0 heterocycles. The quantitative estimate of drug-likeness (QED) is 0.206. The van der Waals surface area contributed by atoms with E-state index in [1.165, 1.54) is 50.7 Å². The van der Waals surface area contributed by atoms with Gasteiger partial charge in [0.15, 0.2) is 11.5 Å². The van der Waals surface area contributed by atoms with Crippen molar-refractivity contribution in [1.82, 2.24) is 0 Å². The Bertz CT molecular complexity index is 720. The van der Waals surface area contributed by atoms with E-state index in [1.807, 2.05) is 0 Å². The van der Waals surface area contributed by atoms with Gasteiger partial charge in [0, 0.05) is 0 Å². The maximum atomic E-state index is 14.6. The molecule has 0 aliphatic heterocycles. The number of carbonyl (C=O) groups is 1. The third-order valence-electron chi connectivity index (χ3n) is 7.40. The summed E-state index contributed by atoms with van der Waals surface area (Å²) in [4.78, 5) is 12.5. The van der Waals surface area contributed by atoms with Gasteiger partial charge in [-0.1, -0.05) is 52.4 Å². The number of halogens is 2. The summed E-state index contributed by atoms with van der Waals surface area (Å²) >= 11 is 0. The fourth-order valence-corrected chi connectivity index (χ4v) is 5.37. The third-order valence-corrected chi connectivity index (χ3v) is 7.40. The zero-order valence-corrected chi connectivity index (χ0v) is 19.8. The predicted octanol–water partition coefficient (Wildman–Crippen LogP) is 7.99. The summed E-state index contributed by atoms with van der Waals surface area (Å²) in [5.74, 6) is -1.91. The standard InChI is InChI=1S/C27H40F2O3/c1-3-5-6-8-20-9-13-21(14-10-20)27(30)32-24-18-17-23(25(28)26(24)29)31-22-15-11-19(7-4-2)12-16-22/h17-22H,3-16H2,1-2H3. The first kappa shape index (κ1) is 25.0. The molecule has 0 amide bonds. The summed E-state index contributed by atoms with van der Waals surface area (Å²) in [6.45, 7) is 4.39. The predicted molar refractivity (Wildman–Crippen MR) is 123 cm³/mol. The van der Waals surface area contributed by atoms with Crippen LogP contribution in [-0.4, -0.2) is 12.1 Å². The van der Waals surface area contributed by atoms with Crippen molar-refractivity contribution in [2.75, 3.05) is 0 Å². The highest BCUT2D eigenvalue weighted by molar-refractivity contribution is 5.75. The molecule has 2 fully saturated rings. The van der Waals surface area contributed by atoms with Gasteiger partial charge in [-0.2, -0.15) is 8.78 Å². The highest BCUT2D eigenvalue weighted by Gasteiger charge is 2.29. The second-order valence-electron chi connectivity index (χ2n) is 9.87. The van der Waals surface area contributed by atoms with Crippen LogP contribution in [0.1, 0.15) is 104 Å². The summed E-state index contributed by atoms with van der Waals surface area (Å²) in [6.07, 6.45) is 14.7. The maximum absolute atomic E-state index is 14.6. The lowest BCUT2D eigenvalue weighted by Crippen LogP contribution is -2.26. The number of rotatable bonds is 10. The monoisotopic (exact) mass is 450 g/mol. The number of carbonyl (C=O) groups excluding carboxylic acids is 1. The largest absolute Gasteiger partial charge is 0.487 e. The van der Waals surface area contributed by atoms with E-state index in [0.29, 0.717) is 5.92 Å². The van der Waals surface area contributed by atoms with E-state index in [9.17, 15) is 13.6 Å². The first-order chi connectivity index (χ1) is 15.5. The van der Waals surface area contributed by atoms with Crippen LogP contribution < -0.4 is 9.47 Å². The molecule has 2 saturated carbocycles. The zero-order valence-electron chi connectivity index (χ0n) is 19.8. The van der Waals surface area contributed by atoms with E-state index in [-0.39, 0.29) is 23.5 Å². The lowest BCUT2D eigenvalue weighted by atomic mass is 9.80. The second-order valence-corrected chi connectivity index (χ2v) is 9.87. The Morgan fingerprint density at radius 2 is 1.41 bits per heavy atom. The SMILES string of the molecule is CCCCCC1CCC(C(=O)Oc2ccc(OC3CCC(CCC)CC3)c(F)c2F)CC1. The van der Waals surface area contributed by atoms with Crippen molar-refractivity contribution in [3.63, 3.8) is 0 Å². The molecule has 0 N–H and O–H groups in total. The average molecular weight is 451 g/mol. The highest BCUT2D eigenvalue weighted by Crippen LogP contribution is 2.35. The molecule has 0 atom stereocenters. The first-order valence-corrected chi connectivity index (χ1v) is 12.9. The molecule has 2 aliphatic carbocycles. The van der Waals surface area contributed by atoms with Crippen LogP contribution in [0, 0.1) is 29.4 Å². The summed E-state index contributed by atoms with van der Waals surface area (Å²) in [5.41, 5.74) is 0. The molecular weight excluding hydrogens is 410 g/mol. The Labute approximate surface area is 192 Å². The van der Waals surface area contributed by atoms with Gasteiger partial charge in [-0.25, -0.2) is 0 Å². The summed E-state index contributed by atoms with van der Waals surface area (Å²) in [7, 11) is 0. The molecule has 1 aromatic rings. The van der Waals surface area contributed by atoms with E-state index in [2.05, 4.69) is 13.8 Å². The van der Waals surface area contributed by atoms with Crippen LogP contribution in [-0.2, 0) is 4.79 Å². The molecule has 0 radical (unpaired) electrons. The Balaban J connectivity index is 1.49. The second kappa shape index (κ2) is 12.6. The molecule has 0 aromatic heterocycles. The fraction of sp³-hybridized carbons (Fsp3) is 0.741.